The lowest BCUT2D eigenvalue weighted by atomic mass is 10.0. The third kappa shape index (κ3) is 7.57. The van der Waals surface area contributed by atoms with Crippen LogP contribution in [0.5, 0.6) is 5.75 Å². The normalized spacial score (nSPS) is 11.6. The molecule has 1 atom stereocenters. The van der Waals surface area contributed by atoms with Crippen molar-refractivity contribution < 1.29 is 23.8 Å². The van der Waals surface area contributed by atoms with Gasteiger partial charge < -0.3 is 19.6 Å². The first-order chi connectivity index (χ1) is 20.9. The maximum Gasteiger partial charge on any atom is 0.303 e. The van der Waals surface area contributed by atoms with Crippen LogP contribution in [0.15, 0.2) is 108 Å². The van der Waals surface area contributed by atoms with Gasteiger partial charge in [0.2, 0.25) is 5.89 Å². The Bertz CT molecular complexity index is 1700. The average molecular weight is 575 g/mol. The van der Waals surface area contributed by atoms with Crippen LogP contribution in [-0.2, 0) is 17.6 Å². The SMILES string of the molecule is Cc1oc(-c2cccc(-c3ccccc3)c2)nc1CCOc1ccc(CCC(=O)O)c(C(=O)N[C@H](C)c2ccccc2)c1. The number of amides is 1. The van der Waals surface area contributed by atoms with Gasteiger partial charge in [-0.3, -0.25) is 9.59 Å². The minimum atomic E-state index is -0.918. The molecule has 0 aliphatic rings. The Kier molecular flexibility index (Phi) is 9.32. The number of aromatic nitrogens is 1. The molecular weight excluding hydrogens is 540 g/mol. The molecule has 7 nitrogen and oxygen atoms in total. The van der Waals surface area contributed by atoms with Crippen LogP contribution < -0.4 is 10.1 Å². The molecule has 0 fully saturated rings. The van der Waals surface area contributed by atoms with Crippen LogP contribution in [0.4, 0.5) is 0 Å². The summed E-state index contributed by atoms with van der Waals surface area (Å²) in [6.07, 6.45) is 0.683. The summed E-state index contributed by atoms with van der Waals surface area (Å²) in [6, 6.07) is 32.9. The maximum absolute atomic E-state index is 13.3. The summed E-state index contributed by atoms with van der Waals surface area (Å²) in [5, 5.41) is 12.2. The largest absolute Gasteiger partial charge is 0.493 e. The van der Waals surface area contributed by atoms with Gasteiger partial charge in [-0.1, -0.05) is 78.9 Å². The molecule has 1 heterocycles. The Hall–Kier alpha value is -5.17. The van der Waals surface area contributed by atoms with Gasteiger partial charge in [-0.15, -0.1) is 0 Å². The van der Waals surface area contributed by atoms with E-state index in [9.17, 15) is 14.7 Å². The highest BCUT2D eigenvalue weighted by Crippen LogP contribution is 2.28. The van der Waals surface area contributed by atoms with E-state index in [4.69, 9.17) is 14.1 Å². The monoisotopic (exact) mass is 574 g/mol. The van der Waals surface area contributed by atoms with Gasteiger partial charge in [0.15, 0.2) is 0 Å². The van der Waals surface area contributed by atoms with Gasteiger partial charge in [0, 0.05) is 24.0 Å². The number of carboxylic acid groups (broad SMARTS) is 1. The first kappa shape index (κ1) is 29.3. The number of carbonyl (C=O) groups excluding carboxylic acids is 1. The Labute approximate surface area is 251 Å². The fraction of sp³-hybridized carbons (Fsp3) is 0.194. The maximum atomic E-state index is 13.3. The summed E-state index contributed by atoms with van der Waals surface area (Å²) in [7, 11) is 0. The zero-order chi connectivity index (χ0) is 30.2. The smallest absolute Gasteiger partial charge is 0.303 e. The Morgan fingerprint density at radius 2 is 1.56 bits per heavy atom. The molecule has 0 aliphatic carbocycles. The highest BCUT2D eigenvalue weighted by Gasteiger charge is 2.18. The number of aryl methyl sites for hydroxylation is 2. The van der Waals surface area contributed by atoms with Crippen LogP contribution in [0.2, 0.25) is 0 Å². The predicted molar refractivity (Wildman–Crippen MR) is 166 cm³/mol. The molecule has 0 radical (unpaired) electrons. The third-order valence-electron chi connectivity index (χ3n) is 7.30. The third-order valence-corrected chi connectivity index (χ3v) is 7.30. The topological polar surface area (TPSA) is 102 Å². The first-order valence-electron chi connectivity index (χ1n) is 14.3. The van der Waals surface area contributed by atoms with Crippen LogP contribution in [0.1, 0.15) is 52.3 Å². The summed E-state index contributed by atoms with van der Waals surface area (Å²) in [6.45, 7) is 4.13. The number of aliphatic carboxylic acids is 1. The van der Waals surface area contributed by atoms with Gasteiger partial charge in [0.1, 0.15) is 11.5 Å². The quantitative estimate of drug-likeness (QED) is 0.161. The molecule has 0 spiro atoms. The summed E-state index contributed by atoms with van der Waals surface area (Å²) >= 11 is 0. The number of carboxylic acids is 1. The molecule has 5 rings (SSSR count). The van der Waals surface area contributed by atoms with Gasteiger partial charge in [-0.05, 0) is 66.8 Å². The predicted octanol–water partition coefficient (Wildman–Crippen LogP) is 7.45. The molecule has 1 aromatic heterocycles. The van der Waals surface area contributed by atoms with Crippen LogP contribution in [0.3, 0.4) is 0 Å². The summed E-state index contributed by atoms with van der Waals surface area (Å²) < 4.78 is 12.1. The van der Waals surface area contributed by atoms with Gasteiger partial charge in [0.05, 0.1) is 18.3 Å². The Morgan fingerprint density at radius 1 is 0.860 bits per heavy atom. The second-order valence-corrected chi connectivity index (χ2v) is 10.4. The number of hydrogen-bond donors (Lipinski definition) is 2. The highest BCUT2D eigenvalue weighted by atomic mass is 16.5. The molecule has 5 aromatic rings. The minimum absolute atomic E-state index is 0.0727. The van der Waals surface area contributed by atoms with Crippen LogP contribution >= 0.6 is 0 Å². The van der Waals surface area contributed by atoms with Crippen molar-refractivity contribution in [3.8, 4) is 28.3 Å². The lowest BCUT2D eigenvalue weighted by Gasteiger charge is -2.17. The van der Waals surface area contributed by atoms with Crippen LogP contribution in [-0.4, -0.2) is 28.6 Å². The molecule has 7 heteroatoms. The molecule has 4 aromatic carbocycles. The molecule has 43 heavy (non-hydrogen) atoms. The van der Waals surface area contributed by atoms with Crippen molar-refractivity contribution in [1.29, 1.82) is 0 Å². The van der Waals surface area contributed by atoms with E-state index in [1.165, 1.54) is 0 Å². The molecular formula is C36H34N2O5. The lowest BCUT2D eigenvalue weighted by molar-refractivity contribution is -0.136. The average Bonchev–Trinajstić information content (AvgIpc) is 3.41. The van der Waals surface area contributed by atoms with E-state index in [0.29, 0.717) is 35.8 Å². The van der Waals surface area contributed by atoms with Crippen molar-refractivity contribution in [2.45, 2.75) is 39.2 Å². The summed E-state index contributed by atoms with van der Waals surface area (Å²) in [4.78, 5) is 29.3. The van der Waals surface area contributed by atoms with Crippen molar-refractivity contribution in [3.63, 3.8) is 0 Å². The number of nitrogens with zero attached hydrogens (tertiary/aromatic N) is 1. The van der Waals surface area contributed by atoms with E-state index in [2.05, 4.69) is 29.6 Å². The number of hydrogen-bond acceptors (Lipinski definition) is 5. The van der Waals surface area contributed by atoms with Gasteiger partial charge in [-0.25, -0.2) is 4.98 Å². The molecule has 218 valence electrons. The van der Waals surface area contributed by atoms with Crippen molar-refractivity contribution in [2.24, 2.45) is 0 Å². The van der Waals surface area contributed by atoms with Gasteiger partial charge in [0.25, 0.3) is 5.91 Å². The van der Waals surface area contributed by atoms with Crippen LogP contribution in [0.25, 0.3) is 22.6 Å². The molecule has 0 aliphatic heterocycles. The Morgan fingerprint density at radius 3 is 2.30 bits per heavy atom. The van der Waals surface area contributed by atoms with E-state index >= 15 is 0 Å². The number of benzene rings is 4. The number of oxazole rings is 1. The number of nitrogens with one attached hydrogen (secondary N) is 1. The first-order valence-corrected chi connectivity index (χ1v) is 14.3. The van der Waals surface area contributed by atoms with E-state index in [0.717, 1.165) is 33.7 Å². The second-order valence-electron chi connectivity index (χ2n) is 10.4. The van der Waals surface area contributed by atoms with Gasteiger partial charge >= 0.3 is 5.97 Å². The van der Waals surface area contributed by atoms with E-state index in [1.54, 1.807) is 18.2 Å². The number of ether oxygens (including phenoxy) is 1. The van der Waals surface area contributed by atoms with Crippen molar-refractivity contribution in [1.82, 2.24) is 10.3 Å². The molecule has 1 amide bonds. The van der Waals surface area contributed by atoms with Crippen molar-refractivity contribution >= 4 is 11.9 Å². The highest BCUT2D eigenvalue weighted by molar-refractivity contribution is 5.96. The molecule has 2 N–H and O–H groups in total. The van der Waals surface area contributed by atoms with Crippen molar-refractivity contribution in [2.75, 3.05) is 6.61 Å². The number of rotatable bonds is 12. The zero-order valence-electron chi connectivity index (χ0n) is 24.2. The molecule has 0 saturated carbocycles. The summed E-state index contributed by atoms with van der Waals surface area (Å²) in [5.74, 6) is 0.603. The van der Waals surface area contributed by atoms with Crippen LogP contribution in [0, 0.1) is 6.92 Å². The zero-order valence-corrected chi connectivity index (χ0v) is 24.2. The lowest BCUT2D eigenvalue weighted by Crippen LogP contribution is -2.27. The molecule has 0 bridgehead atoms. The van der Waals surface area contributed by atoms with Crippen molar-refractivity contribution in [3.05, 3.63) is 131 Å². The number of carbonyl (C=O) groups is 2. The van der Waals surface area contributed by atoms with E-state index in [-0.39, 0.29) is 24.8 Å². The van der Waals surface area contributed by atoms with Gasteiger partial charge in [-0.2, -0.15) is 0 Å². The Balaban J connectivity index is 1.27. The second kappa shape index (κ2) is 13.7. The van der Waals surface area contributed by atoms with E-state index < -0.39 is 5.97 Å². The molecule has 0 unspecified atom stereocenters. The minimum Gasteiger partial charge on any atom is -0.493 e. The molecule has 0 saturated heterocycles. The fourth-order valence-electron chi connectivity index (χ4n) is 4.93. The standard InChI is InChI=1S/C36H34N2O5/c1-24(26-10-5-3-6-11-26)37-35(41)32-23-31(18-16-28(32)17-19-34(39)40)42-21-20-33-25(2)43-36(38-33)30-15-9-14-29(22-30)27-12-7-4-8-13-27/h3-16,18,22-24H,17,19-21H2,1-2H3,(H,37,41)(H,39,40)/t24-/m1/s1. The van der Waals surface area contributed by atoms with E-state index in [1.807, 2.05) is 74.5 Å². The summed E-state index contributed by atoms with van der Waals surface area (Å²) in [5.41, 5.74) is 5.94. The fourth-order valence-corrected chi connectivity index (χ4v) is 4.93.